The first-order chi connectivity index (χ1) is 6.16. The molecular weight excluding hydrogens is 219 g/mol. The third-order valence-electron chi connectivity index (χ3n) is 1.79. The summed E-state index contributed by atoms with van der Waals surface area (Å²) in [6.07, 6.45) is 1.10. The first-order valence-electron chi connectivity index (χ1n) is 4.20. The van der Waals surface area contributed by atoms with Gasteiger partial charge in [0.25, 0.3) is 0 Å². The lowest BCUT2D eigenvalue weighted by Crippen LogP contribution is -1.95. The number of aryl methyl sites for hydroxylation is 1. The molecule has 0 aliphatic heterocycles. The topological polar surface area (TPSA) is 0 Å². The van der Waals surface area contributed by atoms with E-state index in [1.807, 2.05) is 25.1 Å². The molecule has 0 radical (unpaired) electrons. The van der Waals surface area contributed by atoms with Crippen molar-refractivity contribution in [3.05, 3.63) is 34.3 Å². The molecule has 0 aromatic heterocycles. The van der Waals surface area contributed by atoms with Crippen molar-refractivity contribution in [1.82, 2.24) is 0 Å². The Morgan fingerprint density at radius 1 is 1.54 bits per heavy atom. The molecule has 0 saturated heterocycles. The van der Waals surface area contributed by atoms with E-state index in [0.29, 0.717) is 8.58 Å². The molecule has 0 nitrogen and oxygen atoms in total. The molecule has 0 N–H and O–H groups in total. The van der Waals surface area contributed by atoms with Crippen molar-refractivity contribution in [1.29, 1.82) is 0 Å². The number of halogens is 1. The van der Waals surface area contributed by atoms with Gasteiger partial charge in [-0.25, -0.2) is 0 Å². The third kappa shape index (κ3) is 2.74. The van der Waals surface area contributed by atoms with Gasteiger partial charge in [-0.3, -0.25) is 0 Å². The Hall–Kier alpha value is 0.0300. The van der Waals surface area contributed by atoms with E-state index in [9.17, 15) is 0 Å². The number of hydrogen-bond acceptors (Lipinski definition) is 1. The van der Waals surface area contributed by atoms with Gasteiger partial charge in [-0.2, -0.15) is 0 Å². The maximum atomic E-state index is 6.08. The van der Waals surface area contributed by atoms with Crippen LogP contribution in [0.15, 0.2) is 18.2 Å². The number of hydrogen-bond donors (Lipinski definition) is 0. The Bertz CT molecular complexity index is 302. The highest BCUT2D eigenvalue weighted by molar-refractivity contribution is 7.94. The summed E-state index contributed by atoms with van der Waals surface area (Å²) < 4.78 is 1.01. The largest absolute Gasteiger partial charge is 0.0836 e. The number of thiocarbonyl (C=S) groups is 1. The molecular formula is C10H12ClPS. The minimum Gasteiger partial charge on any atom is -0.0836 e. The molecule has 3 heteroatoms. The van der Waals surface area contributed by atoms with Crippen LogP contribution in [0.3, 0.4) is 0 Å². The smallest absolute Gasteiger partial charge is 0.0495 e. The van der Waals surface area contributed by atoms with Crippen molar-refractivity contribution in [3.63, 3.8) is 0 Å². The zero-order valence-corrected chi connectivity index (χ0v) is 10.3. The summed E-state index contributed by atoms with van der Waals surface area (Å²) in [6, 6.07) is 5.91. The van der Waals surface area contributed by atoms with Gasteiger partial charge < -0.3 is 0 Å². The lowest BCUT2D eigenvalue weighted by molar-refractivity contribution is 1.45. The fraction of sp³-hybridized carbons (Fsp3) is 0.300. The highest BCUT2D eigenvalue weighted by atomic mass is 35.5. The SMILES string of the molecule is CCPC(=S)c1c(C)cccc1Cl. The van der Waals surface area contributed by atoms with Gasteiger partial charge in [-0.15, -0.1) is 0 Å². The Morgan fingerprint density at radius 2 is 2.23 bits per heavy atom. The van der Waals surface area contributed by atoms with Gasteiger partial charge in [0, 0.05) is 15.2 Å². The molecule has 0 bridgehead atoms. The van der Waals surface area contributed by atoms with E-state index in [1.54, 1.807) is 0 Å². The van der Waals surface area contributed by atoms with Crippen LogP contribution in [-0.2, 0) is 0 Å². The van der Waals surface area contributed by atoms with Gasteiger partial charge in [-0.1, -0.05) is 51.5 Å². The van der Waals surface area contributed by atoms with E-state index >= 15 is 0 Å². The van der Waals surface area contributed by atoms with Crippen LogP contribution >= 0.6 is 32.4 Å². The molecule has 70 valence electrons. The molecule has 1 aromatic carbocycles. The van der Waals surface area contributed by atoms with Crippen molar-refractivity contribution in [2.24, 2.45) is 0 Å². The summed E-state index contributed by atoms with van der Waals surface area (Å²) >= 11 is 11.4. The van der Waals surface area contributed by atoms with E-state index in [0.717, 1.165) is 21.4 Å². The molecule has 13 heavy (non-hydrogen) atoms. The summed E-state index contributed by atoms with van der Waals surface area (Å²) in [5.74, 6) is 0. The Balaban J connectivity index is 3.05. The summed E-state index contributed by atoms with van der Waals surface area (Å²) in [7, 11) is 0.706. The molecule has 1 aromatic rings. The lowest BCUT2D eigenvalue weighted by Gasteiger charge is -2.08. The first kappa shape index (κ1) is 11.1. The van der Waals surface area contributed by atoms with Crippen molar-refractivity contribution < 1.29 is 0 Å². The van der Waals surface area contributed by atoms with Crippen LogP contribution < -0.4 is 0 Å². The summed E-state index contributed by atoms with van der Waals surface area (Å²) in [4.78, 5) is 0. The molecule has 1 rings (SSSR count). The number of benzene rings is 1. The van der Waals surface area contributed by atoms with Gasteiger partial charge >= 0.3 is 0 Å². The maximum Gasteiger partial charge on any atom is 0.0495 e. The highest BCUT2D eigenvalue weighted by Gasteiger charge is 2.07. The first-order valence-corrected chi connectivity index (χ1v) is 6.19. The fourth-order valence-corrected chi connectivity index (χ4v) is 3.15. The molecule has 0 saturated carbocycles. The number of rotatable bonds is 3. The molecule has 1 atom stereocenters. The van der Waals surface area contributed by atoms with Gasteiger partial charge in [-0.05, 0) is 24.7 Å². The van der Waals surface area contributed by atoms with Gasteiger partial charge in [0.1, 0.15) is 0 Å². The molecule has 0 aliphatic rings. The molecule has 1 unspecified atom stereocenters. The second kappa shape index (κ2) is 5.05. The second-order valence-corrected chi connectivity index (χ2v) is 5.53. The third-order valence-corrected chi connectivity index (χ3v) is 3.66. The van der Waals surface area contributed by atoms with Crippen LogP contribution in [-0.4, -0.2) is 10.8 Å². The summed E-state index contributed by atoms with van der Waals surface area (Å²) in [5, 5.41) is 0.783. The van der Waals surface area contributed by atoms with Gasteiger partial charge in [0.2, 0.25) is 0 Å². The summed E-state index contributed by atoms with van der Waals surface area (Å²) in [6.45, 7) is 4.19. The summed E-state index contributed by atoms with van der Waals surface area (Å²) in [5.41, 5.74) is 2.25. The Morgan fingerprint density at radius 3 is 2.77 bits per heavy atom. The average Bonchev–Trinajstić information content (AvgIpc) is 2.04. The van der Waals surface area contributed by atoms with E-state index < -0.39 is 0 Å². The van der Waals surface area contributed by atoms with E-state index in [4.69, 9.17) is 23.8 Å². The Labute approximate surface area is 91.5 Å². The van der Waals surface area contributed by atoms with E-state index in [1.165, 1.54) is 5.56 Å². The second-order valence-electron chi connectivity index (χ2n) is 2.79. The fourth-order valence-electron chi connectivity index (χ4n) is 1.17. The van der Waals surface area contributed by atoms with Crippen molar-refractivity contribution in [3.8, 4) is 0 Å². The molecule has 0 spiro atoms. The monoisotopic (exact) mass is 230 g/mol. The standard InChI is InChI=1S/C10H12ClPS/c1-3-12-10(13)9-7(2)5-4-6-8(9)11/h4-6,12H,3H2,1-2H3. The van der Waals surface area contributed by atoms with Crippen LogP contribution in [0.25, 0.3) is 0 Å². The molecule has 0 fully saturated rings. The van der Waals surface area contributed by atoms with E-state index in [-0.39, 0.29) is 0 Å². The Kier molecular flexibility index (Phi) is 4.31. The van der Waals surface area contributed by atoms with Crippen LogP contribution in [0.2, 0.25) is 5.02 Å². The predicted octanol–water partition coefficient (Wildman–Crippen LogP) is 4.02. The van der Waals surface area contributed by atoms with Gasteiger partial charge in [0.15, 0.2) is 0 Å². The minimum atomic E-state index is 0.706. The quantitative estimate of drug-likeness (QED) is 0.558. The zero-order chi connectivity index (χ0) is 9.84. The molecule has 0 amide bonds. The lowest BCUT2D eigenvalue weighted by atomic mass is 10.1. The van der Waals surface area contributed by atoms with Crippen LogP contribution in [0.1, 0.15) is 18.1 Å². The molecule has 0 heterocycles. The van der Waals surface area contributed by atoms with Crippen molar-refractivity contribution in [2.75, 3.05) is 6.16 Å². The normalized spacial score (nSPS) is 11.0. The minimum absolute atomic E-state index is 0.706. The maximum absolute atomic E-state index is 6.08. The van der Waals surface area contributed by atoms with E-state index in [2.05, 4.69) is 6.92 Å². The average molecular weight is 231 g/mol. The zero-order valence-electron chi connectivity index (χ0n) is 7.73. The van der Waals surface area contributed by atoms with Crippen LogP contribution in [0, 0.1) is 6.92 Å². The van der Waals surface area contributed by atoms with Crippen LogP contribution in [0.4, 0.5) is 0 Å². The van der Waals surface area contributed by atoms with Gasteiger partial charge in [0.05, 0.1) is 0 Å². The molecule has 0 aliphatic carbocycles. The predicted molar refractivity (Wildman–Crippen MR) is 66.7 cm³/mol. The van der Waals surface area contributed by atoms with Crippen molar-refractivity contribution >= 4 is 37.0 Å². The van der Waals surface area contributed by atoms with Crippen LogP contribution in [0.5, 0.6) is 0 Å². The van der Waals surface area contributed by atoms with Crippen molar-refractivity contribution in [2.45, 2.75) is 13.8 Å². The highest BCUT2D eigenvalue weighted by Crippen LogP contribution is 2.28.